The zero-order valence-corrected chi connectivity index (χ0v) is 15.3. The predicted molar refractivity (Wildman–Crippen MR) is 96.9 cm³/mol. The Labute approximate surface area is 147 Å². The average molecular weight is 344 g/mol. The summed E-state index contributed by atoms with van der Waals surface area (Å²) in [6.07, 6.45) is 4.64. The molecule has 1 aliphatic rings. The van der Waals surface area contributed by atoms with Crippen LogP contribution in [0.4, 0.5) is 0 Å². The van der Waals surface area contributed by atoms with Crippen LogP contribution in [0.15, 0.2) is 29.4 Å². The molecule has 3 rings (SSSR count). The van der Waals surface area contributed by atoms with E-state index in [1.54, 1.807) is 0 Å². The number of nitrogens with one attached hydrogen (secondary N) is 1. The van der Waals surface area contributed by atoms with Gasteiger partial charge in [-0.3, -0.25) is 4.79 Å². The fourth-order valence-corrected chi connectivity index (χ4v) is 3.80. The van der Waals surface area contributed by atoms with Crippen molar-refractivity contribution in [2.24, 2.45) is 7.05 Å². The third kappa shape index (κ3) is 3.80. The van der Waals surface area contributed by atoms with E-state index in [0.29, 0.717) is 6.04 Å². The number of hydrogen-bond acceptors (Lipinski definition) is 4. The maximum atomic E-state index is 12.3. The third-order valence-corrected chi connectivity index (χ3v) is 5.63. The number of nitrogens with zero attached hydrogens (tertiary/aromatic N) is 3. The van der Waals surface area contributed by atoms with Gasteiger partial charge in [-0.25, -0.2) is 0 Å². The Hall–Kier alpha value is -1.82. The summed E-state index contributed by atoms with van der Waals surface area (Å²) in [5, 5.41) is 12.3. The van der Waals surface area contributed by atoms with Crippen LogP contribution < -0.4 is 5.32 Å². The van der Waals surface area contributed by atoms with E-state index in [-0.39, 0.29) is 11.2 Å². The van der Waals surface area contributed by atoms with Crippen molar-refractivity contribution in [3.63, 3.8) is 0 Å². The summed E-state index contributed by atoms with van der Waals surface area (Å²) in [4.78, 5) is 12.3. The molecule has 1 unspecified atom stereocenters. The van der Waals surface area contributed by atoms with Gasteiger partial charge in [-0.05, 0) is 26.7 Å². The number of aryl methyl sites for hydroxylation is 1. The third-order valence-electron chi connectivity index (χ3n) is 4.50. The first-order valence-electron chi connectivity index (χ1n) is 8.48. The van der Waals surface area contributed by atoms with Gasteiger partial charge < -0.3 is 9.88 Å². The van der Waals surface area contributed by atoms with Gasteiger partial charge in [0.25, 0.3) is 0 Å². The molecule has 1 N–H and O–H groups in total. The Kier molecular flexibility index (Phi) is 5.23. The van der Waals surface area contributed by atoms with Gasteiger partial charge in [0.05, 0.1) is 5.25 Å². The Morgan fingerprint density at radius 2 is 1.92 bits per heavy atom. The van der Waals surface area contributed by atoms with Crippen molar-refractivity contribution in [1.29, 1.82) is 0 Å². The lowest BCUT2D eigenvalue weighted by atomic mass is 10.1. The molecule has 0 radical (unpaired) electrons. The monoisotopic (exact) mass is 344 g/mol. The van der Waals surface area contributed by atoms with E-state index in [9.17, 15) is 4.79 Å². The van der Waals surface area contributed by atoms with Crippen LogP contribution in [-0.2, 0) is 11.8 Å². The number of hydrogen-bond donors (Lipinski definition) is 1. The van der Waals surface area contributed by atoms with E-state index >= 15 is 0 Å². The summed E-state index contributed by atoms with van der Waals surface area (Å²) in [5.41, 5.74) is 2.25. The lowest BCUT2D eigenvalue weighted by Crippen LogP contribution is -2.37. The van der Waals surface area contributed by atoms with Crippen molar-refractivity contribution >= 4 is 17.7 Å². The van der Waals surface area contributed by atoms with E-state index < -0.39 is 0 Å². The number of thioether (sulfide) groups is 1. The summed E-state index contributed by atoms with van der Waals surface area (Å²) in [6, 6.07) is 8.57. The molecule has 1 saturated carbocycles. The second kappa shape index (κ2) is 7.38. The van der Waals surface area contributed by atoms with Crippen molar-refractivity contribution in [1.82, 2.24) is 20.1 Å². The molecule has 0 spiro atoms. The molecule has 6 heteroatoms. The number of carbonyl (C=O) groups is 1. The number of amides is 1. The Bertz CT molecular complexity index is 704. The molecule has 1 aromatic carbocycles. The Morgan fingerprint density at radius 3 is 2.58 bits per heavy atom. The lowest BCUT2D eigenvalue weighted by Gasteiger charge is -2.16. The largest absolute Gasteiger partial charge is 0.352 e. The van der Waals surface area contributed by atoms with Crippen molar-refractivity contribution in [3.8, 4) is 11.4 Å². The van der Waals surface area contributed by atoms with E-state index in [1.807, 2.05) is 30.7 Å². The number of benzene rings is 1. The normalized spacial score (nSPS) is 16.3. The minimum absolute atomic E-state index is 0.0896. The highest BCUT2D eigenvalue weighted by atomic mass is 32.2. The number of carbonyl (C=O) groups excluding carboxylic acids is 1. The van der Waals surface area contributed by atoms with Gasteiger partial charge >= 0.3 is 0 Å². The molecule has 1 heterocycles. The Balaban J connectivity index is 1.66. The summed E-state index contributed by atoms with van der Waals surface area (Å²) in [6.45, 7) is 3.99. The van der Waals surface area contributed by atoms with Gasteiger partial charge in [-0.15, -0.1) is 10.2 Å². The second-order valence-electron chi connectivity index (χ2n) is 6.48. The smallest absolute Gasteiger partial charge is 0.233 e. The van der Waals surface area contributed by atoms with Crippen LogP contribution in [0.25, 0.3) is 11.4 Å². The highest BCUT2D eigenvalue weighted by molar-refractivity contribution is 8.00. The molecule has 1 fully saturated rings. The highest BCUT2D eigenvalue weighted by Gasteiger charge is 2.23. The van der Waals surface area contributed by atoms with Gasteiger partial charge in [-0.1, -0.05) is 54.4 Å². The number of rotatable bonds is 5. The first-order valence-corrected chi connectivity index (χ1v) is 9.36. The minimum Gasteiger partial charge on any atom is -0.352 e. The molecular weight excluding hydrogens is 320 g/mol. The standard InChI is InChI=1S/C18H24N4OS/c1-12-8-10-14(11-9-12)16-20-21-18(22(16)3)24-13(2)17(23)19-15-6-4-5-7-15/h8-11,13,15H,4-7H2,1-3H3,(H,19,23). The van der Waals surface area contributed by atoms with Crippen LogP contribution in [0.1, 0.15) is 38.2 Å². The van der Waals surface area contributed by atoms with Crippen molar-refractivity contribution in [3.05, 3.63) is 29.8 Å². The molecule has 128 valence electrons. The topological polar surface area (TPSA) is 59.8 Å². The molecule has 24 heavy (non-hydrogen) atoms. The van der Waals surface area contributed by atoms with E-state index in [1.165, 1.54) is 30.2 Å². The van der Waals surface area contributed by atoms with Gasteiger partial charge in [0.2, 0.25) is 5.91 Å². The summed E-state index contributed by atoms with van der Waals surface area (Å²) < 4.78 is 1.95. The minimum atomic E-state index is -0.181. The first kappa shape index (κ1) is 17.0. The van der Waals surface area contributed by atoms with Crippen LogP contribution >= 0.6 is 11.8 Å². The van der Waals surface area contributed by atoms with Crippen LogP contribution in [0.5, 0.6) is 0 Å². The molecule has 1 aromatic heterocycles. The van der Waals surface area contributed by atoms with Gasteiger partial charge in [0, 0.05) is 18.7 Å². The molecule has 2 aromatic rings. The van der Waals surface area contributed by atoms with Crippen molar-refractivity contribution in [2.45, 2.75) is 56.0 Å². The fourth-order valence-electron chi connectivity index (χ4n) is 2.97. The Morgan fingerprint density at radius 1 is 1.25 bits per heavy atom. The molecule has 1 atom stereocenters. The van der Waals surface area contributed by atoms with E-state index in [2.05, 4.69) is 34.6 Å². The zero-order chi connectivity index (χ0) is 17.1. The van der Waals surface area contributed by atoms with Crippen LogP contribution in [0.2, 0.25) is 0 Å². The summed E-state index contributed by atoms with van der Waals surface area (Å²) in [7, 11) is 1.94. The number of aromatic nitrogens is 3. The highest BCUT2D eigenvalue weighted by Crippen LogP contribution is 2.26. The maximum Gasteiger partial charge on any atom is 0.233 e. The fraction of sp³-hybridized carbons (Fsp3) is 0.500. The molecular formula is C18H24N4OS. The summed E-state index contributed by atoms with van der Waals surface area (Å²) >= 11 is 1.46. The molecule has 0 saturated heterocycles. The molecule has 5 nitrogen and oxygen atoms in total. The van der Waals surface area contributed by atoms with Crippen molar-refractivity contribution in [2.75, 3.05) is 0 Å². The van der Waals surface area contributed by atoms with Crippen LogP contribution in [0.3, 0.4) is 0 Å². The molecule has 1 aliphatic carbocycles. The second-order valence-corrected chi connectivity index (χ2v) is 7.79. The SMILES string of the molecule is Cc1ccc(-c2nnc(SC(C)C(=O)NC3CCCC3)n2C)cc1. The quantitative estimate of drug-likeness (QED) is 0.845. The van der Waals surface area contributed by atoms with Gasteiger partial charge in [0.1, 0.15) is 0 Å². The van der Waals surface area contributed by atoms with Crippen molar-refractivity contribution < 1.29 is 4.79 Å². The lowest BCUT2D eigenvalue weighted by molar-refractivity contribution is -0.120. The maximum absolute atomic E-state index is 12.3. The van der Waals surface area contributed by atoms with Gasteiger partial charge in [-0.2, -0.15) is 0 Å². The predicted octanol–water partition coefficient (Wildman–Crippen LogP) is 3.33. The van der Waals surface area contributed by atoms with Crippen LogP contribution in [-0.4, -0.2) is 32.0 Å². The molecule has 0 aliphatic heterocycles. The van der Waals surface area contributed by atoms with Gasteiger partial charge in [0.15, 0.2) is 11.0 Å². The van der Waals surface area contributed by atoms with Crippen LogP contribution in [0, 0.1) is 6.92 Å². The summed E-state index contributed by atoms with van der Waals surface area (Å²) in [5.74, 6) is 0.910. The molecule has 0 bridgehead atoms. The average Bonchev–Trinajstić information content (AvgIpc) is 3.19. The first-order chi connectivity index (χ1) is 11.5. The van der Waals surface area contributed by atoms with E-state index in [0.717, 1.165) is 29.4 Å². The van der Waals surface area contributed by atoms with E-state index in [4.69, 9.17) is 0 Å². The zero-order valence-electron chi connectivity index (χ0n) is 14.5. The molecule has 1 amide bonds.